The molecule has 1 atom stereocenters. The van der Waals surface area contributed by atoms with Gasteiger partial charge in [0.15, 0.2) is 0 Å². The highest BCUT2D eigenvalue weighted by atomic mass is 35.5. The van der Waals surface area contributed by atoms with Gasteiger partial charge in [0.05, 0.1) is 6.42 Å². The highest BCUT2D eigenvalue weighted by Gasteiger charge is 2.19. The van der Waals surface area contributed by atoms with Crippen LogP contribution in [0, 0.1) is 0 Å². The summed E-state index contributed by atoms with van der Waals surface area (Å²) in [4.78, 5) is 11.6. The van der Waals surface area contributed by atoms with Crippen molar-refractivity contribution in [2.45, 2.75) is 38.8 Å². The molecule has 1 unspecified atom stereocenters. The van der Waals surface area contributed by atoms with Crippen LogP contribution in [0.4, 0.5) is 0 Å². The Hall–Kier alpha value is -1.06. The number of hydrogen-bond donors (Lipinski definition) is 1. The summed E-state index contributed by atoms with van der Waals surface area (Å²) in [6.07, 6.45) is 0.166. The second-order valence-electron chi connectivity index (χ2n) is 4.95. The van der Waals surface area contributed by atoms with Crippen LogP contribution in [0.3, 0.4) is 0 Å². The summed E-state index contributed by atoms with van der Waals surface area (Å²) in [6.45, 7) is 5.50. The Morgan fingerprint density at radius 3 is 2.35 bits per heavy atom. The van der Waals surface area contributed by atoms with Crippen molar-refractivity contribution in [2.75, 3.05) is 0 Å². The summed E-state index contributed by atoms with van der Waals surface area (Å²) in [7, 11) is 0. The lowest BCUT2D eigenvalue weighted by atomic mass is 10.0. The van der Waals surface area contributed by atoms with Gasteiger partial charge in [-0.3, -0.25) is 4.79 Å². The molecule has 0 amide bonds. The Morgan fingerprint density at radius 2 is 1.88 bits per heavy atom. The first-order valence-electron chi connectivity index (χ1n) is 5.51. The fourth-order valence-corrected chi connectivity index (χ4v) is 1.52. The number of carbonyl (C=O) groups is 1. The highest BCUT2D eigenvalue weighted by molar-refractivity contribution is 6.30. The molecule has 0 radical (unpaired) electrons. The van der Waals surface area contributed by atoms with Crippen LogP contribution in [-0.4, -0.2) is 11.6 Å². The molecule has 0 saturated heterocycles. The summed E-state index contributed by atoms with van der Waals surface area (Å²) >= 11 is 5.78. The third-order valence-corrected chi connectivity index (χ3v) is 2.36. The Labute approximate surface area is 107 Å². The zero-order valence-electron chi connectivity index (χ0n) is 10.4. The van der Waals surface area contributed by atoms with Gasteiger partial charge < -0.3 is 10.5 Å². The molecule has 0 aliphatic rings. The predicted molar refractivity (Wildman–Crippen MR) is 68.8 cm³/mol. The second kappa shape index (κ2) is 5.52. The van der Waals surface area contributed by atoms with Gasteiger partial charge in [-0.2, -0.15) is 0 Å². The molecule has 0 aromatic heterocycles. The number of nitrogens with two attached hydrogens (primary N) is 1. The van der Waals surface area contributed by atoms with Crippen molar-refractivity contribution in [2.24, 2.45) is 5.73 Å². The molecule has 0 aliphatic heterocycles. The van der Waals surface area contributed by atoms with Crippen molar-refractivity contribution in [3.63, 3.8) is 0 Å². The van der Waals surface area contributed by atoms with E-state index in [1.54, 1.807) is 12.1 Å². The van der Waals surface area contributed by atoms with Crippen LogP contribution in [-0.2, 0) is 9.53 Å². The van der Waals surface area contributed by atoms with Crippen LogP contribution in [0.5, 0.6) is 0 Å². The van der Waals surface area contributed by atoms with Crippen molar-refractivity contribution >= 4 is 17.6 Å². The zero-order valence-corrected chi connectivity index (χ0v) is 11.1. The highest BCUT2D eigenvalue weighted by Crippen LogP contribution is 2.19. The lowest BCUT2D eigenvalue weighted by molar-refractivity contribution is -0.155. The molecule has 0 saturated carbocycles. The normalized spacial score (nSPS) is 13.2. The Balaban J connectivity index is 2.57. The van der Waals surface area contributed by atoms with Crippen molar-refractivity contribution in [1.82, 2.24) is 0 Å². The van der Waals surface area contributed by atoms with E-state index in [4.69, 9.17) is 22.1 Å². The molecule has 0 heterocycles. The van der Waals surface area contributed by atoms with E-state index in [-0.39, 0.29) is 18.4 Å². The Bertz CT molecular complexity index is 381. The Kier molecular flexibility index (Phi) is 4.54. The number of rotatable bonds is 3. The quantitative estimate of drug-likeness (QED) is 0.845. The summed E-state index contributed by atoms with van der Waals surface area (Å²) in [5.74, 6) is -0.292. The number of hydrogen-bond acceptors (Lipinski definition) is 3. The molecule has 2 N–H and O–H groups in total. The van der Waals surface area contributed by atoms with Crippen molar-refractivity contribution in [3.8, 4) is 0 Å². The van der Waals surface area contributed by atoms with Gasteiger partial charge >= 0.3 is 5.97 Å². The van der Waals surface area contributed by atoms with Crippen molar-refractivity contribution in [1.29, 1.82) is 0 Å². The first-order chi connectivity index (χ1) is 7.78. The minimum absolute atomic E-state index is 0.166. The Morgan fingerprint density at radius 1 is 1.35 bits per heavy atom. The van der Waals surface area contributed by atoms with Crippen LogP contribution in [0.15, 0.2) is 24.3 Å². The standard InChI is InChI=1S/C13H18ClNO2/c1-13(2,3)17-12(16)8-11(15)9-4-6-10(14)7-5-9/h4-7,11H,8,15H2,1-3H3. The molecule has 3 nitrogen and oxygen atoms in total. The van der Waals surface area contributed by atoms with E-state index >= 15 is 0 Å². The smallest absolute Gasteiger partial charge is 0.308 e. The molecule has 1 aromatic carbocycles. The SMILES string of the molecule is CC(C)(C)OC(=O)CC(N)c1ccc(Cl)cc1. The van der Waals surface area contributed by atoms with Crippen molar-refractivity contribution < 1.29 is 9.53 Å². The number of carbonyl (C=O) groups excluding carboxylic acids is 1. The van der Waals surface area contributed by atoms with E-state index in [0.29, 0.717) is 5.02 Å². The van der Waals surface area contributed by atoms with E-state index < -0.39 is 5.60 Å². The van der Waals surface area contributed by atoms with Gasteiger partial charge in [0.25, 0.3) is 0 Å². The fourth-order valence-electron chi connectivity index (χ4n) is 1.39. The van der Waals surface area contributed by atoms with E-state index in [1.165, 1.54) is 0 Å². The lowest BCUT2D eigenvalue weighted by Gasteiger charge is -2.21. The maximum absolute atomic E-state index is 11.6. The third kappa shape index (κ3) is 5.20. The van der Waals surface area contributed by atoms with Crippen LogP contribution in [0.1, 0.15) is 38.8 Å². The molecular weight excluding hydrogens is 238 g/mol. The lowest BCUT2D eigenvalue weighted by Crippen LogP contribution is -2.26. The molecule has 0 bridgehead atoms. The largest absolute Gasteiger partial charge is 0.460 e. The zero-order chi connectivity index (χ0) is 13.1. The minimum atomic E-state index is -0.475. The van der Waals surface area contributed by atoms with Gasteiger partial charge in [-0.15, -0.1) is 0 Å². The minimum Gasteiger partial charge on any atom is -0.460 e. The van der Waals surface area contributed by atoms with Crippen molar-refractivity contribution in [3.05, 3.63) is 34.9 Å². The van der Waals surface area contributed by atoms with E-state index in [2.05, 4.69) is 0 Å². The average molecular weight is 256 g/mol. The third-order valence-electron chi connectivity index (χ3n) is 2.10. The molecule has 17 heavy (non-hydrogen) atoms. The number of benzene rings is 1. The molecule has 1 aromatic rings. The topological polar surface area (TPSA) is 52.3 Å². The first kappa shape index (κ1) is 14.0. The van der Waals surface area contributed by atoms with Gasteiger partial charge in [0, 0.05) is 11.1 Å². The summed E-state index contributed by atoms with van der Waals surface area (Å²) in [5, 5.41) is 0.651. The number of ether oxygens (including phenoxy) is 1. The fraction of sp³-hybridized carbons (Fsp3) is 0.462. The van der Waals surface area contributed by atoms with Gasteiger partial charge in [-0.05, 0) is 38.5 Å². The predicted octanol–water partition coefficient (Wildman–Crippen LogP) is 3.07. The van der Waals surface area contributed by atoms with Crippen LogP contribution in [0.25, 0.3) is 0 Å². The van der Waals surface area contributed by atoms with Gasteiger partial charge in [0.1, 0.15) is 5.60 Å². The monoisotopic (exact) mass is 255 g/mol. The number of halogens is 1. The van der Waals surface area contributed by atoms with Gasteiger partial charge in [0.2, 0.25) is 0 Å². The summed E-state index contributed by atoms with van der Waals surface area (Å²) in [6, 6.07) is 6.79. The summed E-state index contributed by atoms with van der Waals surface area (Å²) < 4.78 is 5.21. The van der Waals surface area contributed by atoms with Crippen LogP contribution >= 0.6 is 11.6 Å². The van der Waals surface area contributed by atoms with E-state index in [0.717, 1.165) is 5.56 Å². The molecule has 0 spiro atoms. The van der Waals surface area contributed by atoms with Crippen LogP contribution in [0.2, 0.25) is 5.02 Å². The van der Waals surface area contributed by atoms with E-state index in [9.17, 15) is 4.79 Å². The maximum Gasteiger partial charge on any atom is 0.308 e. The summed E-state index contributed by atoms with van der Waals surface area (Å²) in [5.41, 5.74) is 6.32. The molecule has 4 heteroatoms. The average Bonchev–Trinajstić information content (AvgIpc) is 2.15. The molecular formula is C13H18ClNO2. The van der Waals surface area contributed by atoms with E-state index in [1.807, 2.05) is 32.9 Å². The molecule has 0 fully saturated rings. The van der Waals surface area contributed by atoms with Gasteiger partial charge in [-0.25, -0.2) is 0 Å². The van der Waals surface area contributed by atoms with Crippen LogP contribution < -0.4 is 5.73 Å². The molecule has 94 valence electrons. The maximum atomic E-state index is 11.6. The number of esters is 1. The second-order valence-corrected chi connectivity index (χ2v) is 5.39. The molecule has 1 rings (SSSR count). The first-order valence-corrected chi connectivity index (χ1v) is 5.88. The molecule has 0 aliphatic carbocycles. The van der Waals surface area contributed by atoms with Gasteiger partial charge in [-0.1, -0.05) is 23.7 Å².